The van der Waals surface area contributed by atoms with E-state index in [1.165, 1.54) is 18.4 Å². The summed E-state index contributed by atoms with van der Waals surface area (Å²) in [5.41, 5.74) is 1.91. The van der Waals surface area contributed by atoms with Gasteiger partial charge in [-0.2, -0.15) is 0 Å². The molecule has 0 radical (unpaired) electrons. The largest absolute Gasteiger partial charge is 0.467 e. The van der Waals surface area contributed by atoms with Crippen molar-refractivity contribution in [3.63, 3.8) is 0 Å². The number of benzene rings is 1. The predicted molar refractivity (Wildman–Crippen MR) is 86.9 cm³/mol. The molecule has 5 nitrogen and oxygen atoms in total. The van der Waals surface area contributed by atoms with Gasteiger partial charge in [0.05, 0.1) is 12.3 Å². The fourth-order valence-electron chi connectivity index (χ4n) is 3.14. The molecule has 2 amide bonds. The Morgan fingerprint density at radius 1 is 1.46 bits per heavy atom. The maximum Gasteiger partial charge on any atom is 0.315 e. The Hall–Kier alpha value is -2.34. The maximum atomic E-state index is 13.4. The second-order valence-corrected chi connectivity index (χ2v) is 6.22. The van der Waals surface area contributed by atoms with Gasteiger partial charge in [0, 0.05) is 12.5 Å². The molecular weight excluding hydrogens is 311 g/mol. The number of urea groups is 1. The average molecular weight is 332 g/mol. The van der Waals surface area contributed by atoms with Crippen LogP contribution in [0.15, 0.2) is 41.0 Å². The van der Waals surface area contributed by atoms with Crippen LogP contribution in [-0.2, 0) is 6.42 Å². The number of fused-ring (bicyclic) bond motifs is 1. The fourth-order valence-corrected chi connectivity index (χ4v) is 3.14. The minimum atomic E-state index is -0.767. The molecule has 2 aromatic rings. The molecule has 0 fully saturated rings. The van der Waals surface area contributed by atoms with Crippen LogP contribution in [0, 0.1) is 5.82 Å². The van der Waals surface area contributed by atoms with Crippen molar-refractivity contribution in [3.8, 4) is 0 Å². The Labute approximate surface area is 139 Å². The van der Waals surface area contributed by atoms with Crippen LogP contribution >= 0.6 is 0 Å². The minimum absolute atomic E-state index is 0.183. The molecule has 0 unspecified atom stereocenters. The summed E-state index contributed by atoms with van der Waals surface area (Å²) in [4.78, 5) is 12.2. The highest BCUT2D eigenvalue weighted by Crippen LogP contribution is 2.31. The van der Waals surface area contributed by atoms with Crippen LogP contribution in [0.4, 0.5) is 9.18 Å². The van der Waals surface area contributed by atoms with Crippen LogP contribution < -0.4 is 10.6 Å². The highest BCUT2D eigenvalue weighted by atomic mass is 19.1. The molecular formula is C18H21FN2O3. The molecule has 1 aliphatic rings. The van der Waals surface area contributed by atoms with E-state index in [2.05, 4.69) is 10.6 Å². The van der Waals surface area contributed by atoms with E-state index in [0.29, 0.717) is 12.2 Å². The van der Waals surface area contributed by atoms with E-state index >= 15 is 0 Å². The van der Waals surface area contributed by atoms with E-state index in [1.807, 2.05) is 6.92 Å². The highest BCUT2D eigenvalue weighted by Gasteiger charge is 2.25. The van der Waals surface area contributed by atoms with Crippen molar-refractivity contribution in [2.45, 2.75) is 44.4 Å². The number of furan rings is 1. The van der Waals surface area contributed by atoms with Gasteiger partial charge in [-0.05, 0) is 55.2 Å². The zero-order chi connectivity index (χ0) is 17.1. The lowest BCUT2D eigenvalue weighted by Gasteiger charge is -2.20. The van der Waals surface area contributed by atoms with E-state index in [0.717, 1.165) is 24.0 Å². The van der Waals surface area contributed by atoms with Crippen LogP contribution in [0.1, 0.15) is 48.8 Å². The van der Waals surface area contributed by atoms with Crippen molar-refractivity contribution >= 4 is 6.03 Å². The molecule has 24 heavy (non-hydrogen) atoms. The second kappa shape index (κ2) is 7.05. The number of carbonyl (C=O) groups excluding carboxylic acids is 1. The van der Waals surface area contributed by atoms with Crippen LogP contribution in [-0.4, -0.2) is 17.2 Å². The third kappa shape index (κ3) is 3.76. The first-order chi connectivity index (χ1) is 11.5. The molecule has 3 N–H and O–H groups in total. The Morgan fingerprint density at radius 2 is 2.29 bits per heavy atom. The van der Waals surface area contributed by atoms with Gasteiger partial charge in [-0.3, -0.25) is 0 Å². The average Bonchev–Trinajstić information content (AvgIpc) is 3.17. The summed E-state index contributed by atoms with van der Waals surface area (Å²) < 4.78 is 18.5. The smallest absolute Gasteiger partial charge is 0.315 e. The van der Waals surface area contributed by atoms with E-state index in [4.69, 9.17) is 4.42 Å². The Balaban J connectivity index is 1.52. The number of nitrogens with one attached hydrogen (secondary N) is 2. The Kier molecular flexibility index (Phi) is 4.85. The lowest BCUT2D eigenvalue weighted by molar-refractivity contribution is 0.129. The Bertz CT molecular complexity index is 702. The van der Waals surface area contributed by atoms with Gasteiger partial charge >= 0.3 is 6.03 Å². The zero-order valence-corrected chi connectivity index (χ0v) is 13.5. The van der Waals surface area contributed by atoms with Gasteiger partial charge < -0.3 is 20.2 Å². The second-order valence-electron chi connectivity index (χ2n) is 6.22. The summed E-state index contributed by atoms with van der Waals surface area (Å²) in [6, 6.07) is 7.36. The first kappa shape index (κ1) is 16.5. The van der Waals surface area contributed by atoms with E-state index in [-0.39, 0.29) is 23.9 Å². The molecule has 128 valence electrons. The molecule has 6 heteroatoms. The molecule has 0 bridgehead atoms. The number of carbonyl (C=O) groups is 1. The van der Waals surface area contributed by atoms with E-state index in [9.17, 15) is 14.3 Å². The monoisotopic (exact) mass is 332 g/mol. The molecule has 3 rings (SSSR count). The Morgan fingerprint density at radius 3 is 3.04 bits per heavy atom. The normalized spacial score (nSPS) is 18.7. The van der Waals surface area contributed by atoms with Gasteiger partial charge in [0.2, 0.25) is 0 Å². The van der Waals surface area contributed by atoms with Crippen LogP contribution in [0.2, 0.25) is 0 Å². The SMILES string of the molecule is C[C@H](C[C@H](O)c1ccco1)NC(=O)N[C@@H]1CCc2ccc(F)cc21. The van der Waals surface area contributed by atoms with Crippen molar-refractivity contribution in [1.29, 1.82) is 0 Å². The van der Waals surface area contributed by atoms with Crippen LogP contribution in [0.3, 0.4) is 0 Å². The fraction of sp³-hybridized carbons (Fsp3) is 0.389. The standard InChI is InChI=1S/C18H21FN2O3/c1-11(9-16(22)17-3-2-8-24-17)20-18(23)21-15-7-5-12-4-6-13(19)10-14(12)15/h2-4,6,8,10-11,15-16,22H,5,7,9H2,1H3,(H2,20,21,23)/t11-,15-,16+/m1/s1. The molecule has 1 heterocycles. The first-order valence-electron chi connectivity index (χ1n) is 8.09. The third-order valence-electron chi connectivity index (χ3n) is 4.32. The van der Waals surface area contributed by atoms with Crippen molar-refractivity contribution in [3.05, 3.63) is 59.3 Å². The van der Waals surface area contributed by atoms with E-state index in [1.54, 1.807) is 18.2 Å². The summed E-state index contributed by atoms with van der Waals surface area (Å²) in [7, 11) is 0. The molecule has 3 atom stereocenters. The summed E-state index contributed by atoms with van der Waals surface area (Å²) in [5.74, 6) is 0.182. The topological polar surface area (TPSA) is 74.5 Å². The lowest BCUT2D eigenvalue weighted by Crippen LogP contribution is -2.42. The lowest BCUT2D eigenvalue weighted by atomic mass is 10.1. The number of aliphatic hydroxyl groups is 1. The van der Waals surface area contributed by atoms with E-state index < -0.39 is 6.10 Å². The molecule has 1 aliphatic carbocycles. The van der Waals surface area contributed by atoms with Crippen LogP contribution in [0.25, 0.3) is 0 Å². The molecule has 0 saturated carbocycles. The van der Waals surface area contributed by atoms with Gasteiger partial charge in [0.15, 0.2) is 0 Å². The van der Waals surface area contributed by atoms with Gasteiger partial charge in [-0.1, -0.05) is 6.07 Å². The molecule has 0 spiro atoms. The number of hydrogen-bond donors (Lipinski definition) is 3. The molecule has 1 aromatic carbocycles. The predicted octanol–water partition coefficient (Wildman–Crippen LogP) is 3.22. The summed E-state index contributed by atoms with van der Waals surface area (Å²) >= 11 is 0. The van der Waals surface area contributed by atoms with Gasteiger partial charge in [-0.15, -0.1) is 0 Å². The molecule has 0 aliphatic heterocycles. The van der Waals surface area contributed by atoms with Crippen LogP contribution in [0.5, 0.6) is 0 Å². The maximum absolute atomic E-state index is 13.4. The van der Waals surface area contributed by atoms with Crippen molar-refractivity contribution in [2.24, 2.45) is 0 Å². The zero-order valence-electron chi connectivity index (χ0n) is 13.5. The number of rotatable bonds is 5. The minimum Gasteiger partial charge on any atom is -0.467 e. The number of aliphatic hydroxyl groups excluding tert-OH is 1. The van der Waals surface area contributed by atoms with Gasteiger partial charge in [0.25, 0.3) is 0 Å². The molecule has 0 saturated heterocycles. The van der Waals surface area contributed by atoms with Crippen molar-refractivity contribution < 1.29 is 18.7 Å². The summed E-state index contributed by atoms with van der Waals surface area (Å²) in [6.45, 7) is 1.81. The quantitative estimate of drug-likeness (QED) is 0.787. The van der Waals surface area contributed by atoms with Crippen molar-refractivity contribution in [2.75, 3.05) is 0 Å². The molecule has 1 aromatic heterocycles. The van der Waals surface area contributed by atoms with Gasteiger partial charge in [-0.25, -0.2) is 9.18 Å². The number of amides is 2. The van der Waals surface area contributed by atoms with Gasteiger partial charge in [0.1, 0.15) is 17.7 Å². The number of halogens is 1. The first-order valence-corrected chi connectivity index (χ1v) is 8.09. The third-order valence-corrected chi connectivity index (χ3v) is 4.32. The summed E-state index contributed by atoms with van der Waals surface area (Å²) in [6.07, 6.45) is 2.66. The summed E-state index contributed by atoms with van der Waals surface area (Å²) in [5, 5.41) is 15.7. The number of hydrogen-bond acceptors (Lipinski definition) is 3. The van der Waals surface area contributed by atoms with Crippen molar-refractivity contribution in [1.82, 2.24) is 10.6 Å². The number of aryl methyl sites for hydroxylation is 1. The highest BCUT2D eigenvalue weighted by molar-refractivity contribution is 5.75.